The second-order valence-electron chi connectivity index (χ2n) is 6.96. The highest BCUT2D eigenvalue weighted by Gasteiger charge is 2.36. The Morgan fingerprint density at radius 2 is 2.20 bits per heavy atom. The van der Waals surface area contributed by atoms with Crippen LogP contribution in [0.5, 0.6) is 0 Å². The summed E-state index contributed by atoms with van der Waals surface area (Å²) >= 11 is 0. The van der Waals surface area contributed by atoms with Gasteiger partial charge in [0, 0.05) is 24.8 Å². The molecule has 0 unspecified atom stereocenters. The first-order valence-electron chi connectivity index (χ1n) is 8.80. The van der Waals surface area contributed by atoms with E-state index in [0.29, 0.717) is 6.54 Å². The minimum absolute atomic E-state index is 0.0585. The molecule has 130 valence electrons. The molecule has 0 bridgehead atoms. The van der Waals surface area contributed by atoms with Crippen LogP contribution in [0.2, 0.25) is 0 Å². The van der Waals surface area contributed by atoms with Gasteiger partial charge in [0.15, 0.2) is 0 Å². The molecule has 1 N–H and O–H groups in total. The summed E-state index contributed by atoms with van der Waals surface area (Å²) in [5.74, 6) is -0.395. The van der Waals surface area contributed by atoms with E-state index in [4.69, 9.17) is 0 Å². The van der Waals surface area contributed by atoms with Crippen LogP contribution in [0.1, 0.15) is 36.3 Å². The minimum Gasteiger partial charge on any atom is -0.338 e. The van der Waals surface area contributed by atoms with Gasteiger partial charge in [-0.15, -0.1) is 0 Å². The van der Waals surface area contributed by atoms with Crippen molar-refractivity contribution in [3.05, 3.63) is 47.8 Å². The lowest BCUT2D eigenvalue weighted by Gasteiger charge is -2.25. The van der Waals surface area contributed by atoms with Crippen LogP contribution in [0.25, 0.3) is 0 Å². The van der Waals surface area contributed by atoms with Gasteiger partial charge in [0.2, 0.25) is 11.8 Å². The first-order valence-corrected chi connectivity index (χ1v) is 8.80. The summed E-state index contributed by atoms with van der Waals surface area (Å²) in [6, 6.07) is 7.78. The number of carbonyl (C=O) groups excluding carboxylic acids is 2. The van der Waals surface area contributed by atoms with Crippen LogP contribution < -0.4 is 5.32 Å². The van der Waals surface area contributed by atoms with Crippen molar-refractivity contribution in [3.63, 3.8) is 0 Å². The maximum absolute atomic E-state index is 12.9. The molecule has 2 aromatic rings. The second-order valence-corrected chi connectivity index (χ2v) is 6.96. The third kappa shape index (κ3) is 3.04. The molecule has 0 radical (unpaired) electrons. The van der Waals surface area contributed by atoms with Crippen molar-refractivity contribution in [3.8, 4) is 0 Å². The third-order valence-corrected chi connectivity index (χ3v) is 5.15. The van der Waals surface area contributed by atoms with E-state index in [9.17, 15) is 9.59 Å². The molecular formula is C19H22N4O2. The van der Waals surface area contributed by atoms with Crippen molar-refractivity contribution in [2.45, 2.75) is 44.7 Å². The summed E-state index contributed by atoms with van der Waals surface area (Å²) in [5, 5.41) is 7.21. The van der Waals surface area contributed by atoms with Gasteiger partial charge >= 0.3 is 0 Å². The number of para-hydroxylation sites is 1. The third-order valence-electron chi connectivity index (χ3n) is 5.15. The molecule has 0 spiro atoms. The molecule has 0 saturated carbocycles. The standard InChI is InChI=1S/C19H22N4O2/c1-13-10-20-22(11-13)12-14-5-4-8-23(14)18(24)9-16-15-6-2-3-7-17(15)21-19(16)25/h2-3,6-7,10-11,14,16H,4-5,8-9,12H2,1H3,(H,21,25)/t14-,16-/m0/s1. The average Bonchev–Trinajstić information content (AvgIpc) is 3.29. The smallest absolute Gasteiger partial charge is 0.232 e. The van der Waals surface area contributed by atoms with E-state index >= 15 is 0 Å². The first-order chi connectivity index (χ1) is 12.1. The van der Waals surface area contributed by atoms with Crippen molar-refractivity contribution in [1.82, 2.24) is 14.7 Å². The number of likely N-dealkylation sites (tertiary alicyclic amines) is 1. The second kappa shape index (κ2) is 6.35. The molecule has 6 nitrogen and oxygen atoms in total. The molecule has 0 aliphatic carbocycles. The lowest BCUT2D eigenvalue weighted by atomic mass is 9.96. The maximum Gasteiger partial charge on any atom is 0.232 e. The first kappa shape index (κ1) is 15.9. The van der Waals surface area contributed by atoms with Gasteiger partial charge in [0.1, 0.15) is 0 Å². The van der Waals surface area contributed by atoms with E-state index in [0.717, 1.165) is 36.2 Å². The Balaban J connectivity index is 1.46. The van der Waals surface area contributed by atoms with Crippen LogP contribution in [0.4, 0.5) is 5.69 Å². The van der Waals surface area contributed by atoms with E-state index in [1.165, 1.54) is 0 Å². The summed E-state index contributed by atoms with van der Waals surface area (Å²) in [5.41, 5.74) is 2.88. The van der Waals surface area contributed by atoms with Gasteiger partial charge in [-0.3, -0.25) is 14.3 Å². The number of aryl methyl sites for hydroxylation is 1. The highest BCUT2D eigenvalue weighted by Crippen LogP contribution is 2.35. The number of aromatic nitrogens is 2. The monoisotopic (exact) mass is 338 g/mol. The van der Waals surface area contributed by atoms with Crippen LogP contribution >= 0.6 is 0 Å². The Morgan fingerprint density at radius 1 is 1.36 bits per heavy atom. The number of hydrogen-bond acceptors (Lipinski definition) is 3. The number of fused-ring (bicyclic) bond motifs is 1. The van der Waals surface area contributed by atoms with Gasteiger partial charge in [0.25, 0.3) is 0 Å². The predicted molar refractivity (Wildman–Crippen MR) is 94.1 cm³/mol. The number of hydrogen-bond donors (Lipinski definition) is 1. The number of anilines is 1. The fraction of sp³-hybridized carbons (Fsp3) is 0.421. The van der Waals surface area contributed by atoms with Crippen molar-refractivity contribution < 1.29 is 9.59 Å². The molecule has 6 heteroatoms. The number of nitrogens with one attached hydrogen (secondary N) is 1. The fourth-order valence-corrected chi connectivity index (χ4v) is 3.91. The van der Waals surface area contributed by atoms with Crippen LogP contribution in [-0.4, -0.2) is 39.1 Å². The summed E-state index contributed by atoms with van der Waals surface area (Å²) < 4.78 is 1.91. The lowest BCUT2D eigenvalue weighted by Crippen LogP contribution is -2.39. The Bertz CT molecular complexity index is 813. The number of carbonyl (C=O) groups is 2. The zero-order valence-corrected chi connectivity index (χ0v) is 14.3. The summed E-state index contributed by atoms with van der Waals surface area (Å²) in [6.07, 6.45) is 6.06. The Hall–Kier alpha value is -2.63. The van der Waals surface area contributed by atoms with Gasteiger partial charge in [-0.1, -0.05) is 18.2 Å². The molecule has 2 aliphatic rings. The largest absolute Gasteiger partial charge is 0.338 e. The fourth-order valence-electron chi connectivity index (χ4n) is 3.91. The van der Waals surface area contributed by atoms with Crippen molar-refractivity contribution in [2.24, 2.45) is 0 Å². The normalized spacial score (nSPS) is 22.1. The van der Waals surface area contributed by atoms with Gasteiger partial charge in [-0.2, -0.15) is 5.10 Å². The van der Waals surface area contributed by atoms with E-state index in [1.54, 1.807) is 0 Å². The molecular weight excluding hydrogens is 316 g/mol. The van der Waals surface area contributed by atoms with E-state index in [-0.39, 0.29) is 30.2 Å². The molecule has 2 amide bonds. The molecule has 4 rings (SSSR count). The van der Waals surface area contributed by atoms with Gasteiger partial charge in [-0.05, 0) is 37.0 Å². The van der Waals surface area contributed by atoms with E-state index < -0.39 is 0 Å². The molecule has 1 aromatic heterocycles. The molecule has 25 heavy (non-hydrogen) atoms. The molecule has 3 heterocycles. The van der Waals surface area contributed by atoms with E-state index in [1.807, 2.05) is 53.2 Å². The van der Waals surface area contributed by atoms with Crippen LogP contribution in [0, 0.1) is 6.92 Å². The van der Waals surface area contributed by atoms with Crippen LogP contribution in [-0.2, 0) is 16.1 Å². The maximum atomic E-state index is 12.9. The Kier molecular flexibility index (Phi) is 4.03. The molecule has 1 saturated heterocycles. The number of amides is 2. The topological polar surface area (TPSA) is 67.2 Å². The van der Waals surface area contributed by atoms with Crippen LogP contribution in [0.3, 0.4) is 0 Å². The number of benzene rings is 1. The molecule has 1 fully saturated rings. The van der Waals surface area contributed by atoms with E-state index in [2.05, 4.69) is 10.4 Å². The van der Waals surface area contributed by atoms with Crippen molar-refractivity contribution in [1.29, 1.82) is 0 Å². The molecule has 2 aliphatic heterocycles. The van der Waals surface area contributed by atoms with Gasteiger partial charge < -0.3 is 10.2 Å². The quantitative estimate of drug-likeness (QED) is 0.930. The SMILES string of the molecule is Cc1cnn(C[C@@H]2CCCN2C(=O)C[C@@H]2C(=O)Nc3ccccc32)c1. The predicted octanol–water partition coefficient (Wildman–Crippen LogP) is 2.31. The number of rotatable bonds is 4. The Morgan fingerprint density at radius 3 is 3.00 bits per heavy atom. The molecule has 1 aromatic carbocycles. The lowest BCUT2D eigenvalue weighted by molar-refractivity contribution is -0.134. The van der Waals surface area contributed by atoms with Crippen LogP contribution in [0.15, 0.2) is 36.7 Å². The zero-order valence-electron chi connectivity index (χ0n) is 14.3. The summed E-state index contributed by atoms with van der Waals surface area (Å²) in [4.78, 5) is 27.1. The average molecular weight is 338 g/mol. The highest BCUT2D eigenvalue weighted by atomic mass is 16.2. The van der Waals surface area contributed by atoms with Gasteiger partial charge in [-0.25, -0.2) is 0 Å². The van der Waals surface area contributed by atoms with Crippen molar-refractivity contribution >= 4 is 17.5 Å². The minimum atomic E-state index is -0.378. The summed E-state index contributed by atoms with van der Waals surface area (Å²) in [7, 11) is 0. The Labute approximate surface area is 146 Å². The highest BCUT2D eigenvalue weighted by molar-refractivity contribution is 6.04. The zero-order chi connectivity index (χ0) is 17.4. The van der Waals surface area contributed by atoms with Gasteiger partial charge in [0.05, 0.1) is 24.7 Å². The summed E-state index contributed by atoms with van der Waals surface area (Å²) in [6.45, 7) is 3.49. The molecule has 2 atom stereocenters. The van der Waals surface area contributed by atoms with Crippen molar-refractivity contribution in [2.75, 3.05) is 11.9 Å². The number of nitrogens with zero attached hydrogens (tertiary/aromatic N) is 3.